The zero-order valence-electron chi connectivity index (χ0n) is 36.5. The monoisotopic (exact) mass is 855 g/mol. The van der Waals surface area contributed by atoms with E-state index >= 15 is 0 Å². The van der Waals surface area contributed by atoms with Crippen LogP contribution in [0.5, 0.6) is 0 Å². The number of benzene rings is 2. The lowest BCUT2D eigenvalue weighted by Gasteiger charge is -2.17. The van der Waals surface area contributed by atoms with Crippen molar-refractivity contribution >= 4 is 22.8 Å². The smallest absolute Gasteiger partial charge is 0.252 e. The van der Waals surface area contributed by atoms with E-state index in [4.69, 9.17) is 11.6 Å². The van der Waals surface area contributed by atoms with Crippen LogP contribution < -0.4 is 0 Å². The van der Waals surface area contributed by atoms with Gasteiger partial charge in [0.15, 0.2) is 0 Å². The highest BCUT2D eigenvalue weighted by Gasteiger charge is 2.27. The first-order valence-electron chi connectivity index (χ1n) is 20.4. The summed E-state index contributed by atoms with van der Waals surface area (Å²) in [6, 6.07) is 28.3. The van der Waals surface area contributed by atoms with Crippen molar-refractivity contribution in [1.29, 1.82) is 0 Å². The zero-order chi connectivity index (χ0) is 44.3. The van der Waals surface area contributed by atoms with Crippen molar-refractivity contribution in [3.63, 3.8) is 0 Å². The molecule has 6 rings (SSSR count). The molecule has 0 spiro atoms. The van der Waals surface area contributed by atoms with Gasteiger partial charge in [0, 0.05) is 34.6 Å². The maximum atomic E-state index is 13.1. The number of aromatic nitrogens is 6. The molecule has 0 saturated carbocycles. The Kier molecular flexibility index (Phi) is 21.5. The van der Waals surface area contributed by atoms with E-state index in [2.05, 4.69) is 50.9 Å². The molecule has 0 bridgehead atoms. The molecular weight excluding hydrogens is 792 g/mol. The van der Waals surface area contributed by atoms with Crippen LogP contribution in [0.1, 0.15) is 97.0 Å². The third-order valence-corrected chi connectivity index (χ3v) is 9.78. The molecule has 4 aromatic heterocycles. The number of rotatable bonds is 11. The fraction of sp³-hybridized carbons (Fsp3) is 0.388. The SMILES string of the molecule is C.CC(C)(C)C(=O)Cl.CC(C)(C)C(=O)n1nc(-c2ccccn2)cc1CCc1ccc(F)cc1.CCN(CC)CC.Fc1ccc(CCc2cc(-c3ccccn3)n[nH]2)cc1. The number of aryl methyl sites for hydroxylation is 4. The highest BCUT2D eigenvalue weighted by molar-refractivity contribution is 6.64. The number of halogens is 3. The number of pyridine rings is 2. The molecule has 0 aliphatic carbocycles. The Morgan fingerprint density at radius 2 is 1.10 bits per heavy atom. The van der Waals surface area contributed by atoms with Crippen molar-refractivity contribution in [2.45, 2.75) is 95.4 Å². The van der Waals surface area contributed by atoms with Crippen LogP contribution in [0.4, 0.5) is 8.78 Å². The van der Waals surface area contributed by atoms with Crippen LogP contribution in [0.15, 0.2) is 109 Å². The standard InChI is InChI=1S/C21H22FN3O.C16H14FN3.C6H15N.C5H9ClO.CH4/c1-21(2,3)20(26)25-17(12-9-15-7-10-16(22)11-8-15)14-19(24-25)18-6-4-5-13-23-18;17-13-7-4-12(5-8-13)6-9-14-11-16(20-19-14)15-3-1-2-10-18-15;1-4-7(5-2)6-3;1-5(2,3)4(6)7;/h4-8,10-11,13-14H,9,12H2,1-3H3;1-5,7-8,10-11H,6,9H2,(H,19,20);4-6H2,1-3H3;1-3H3;1H4. The predicted octanol–water partition coefficient (Wildman–Crippen LogP) is 11.7. The molecule has 0 unspecified atom stereocenters. The summed E-state index contributed by atoms with van der Waals surface area (Å²) >= 11 is 5.11. The van der Waals surface area contributed by atoms with Gasteiger partial charge < -0.3 is 4.90 Å². The Balaban J connectivity index is 0.000000322. The van der Waals surface area contributed by atoms with Crippen LogP contribution in [0.2, 0.25) is 0 Å². The number of hydrogen-bond acceptors (Lipinski definition) is 7. The Bertz CT molecular complexity index is 2150. The van der Waals surface area contributed by atoms with Crippen molar-refractivity contribution in [2.75, 3.05) is 19.6 Å². The van der Waals surface area contributed by atoms with Crippen molar-refractivity contribution in [3.8, 4) is 22.8 Å². The highest BCUT2D eigenvalue weighted by Crippen LogP contribution is 2.23. The minimum Gasteiger partial charge on any atom is -0.304 e. The van der Waals surface area contributed by atoms with E-state index in [1.54, 1.807) is 45.3 Å². The number of aromatic amines is 1. The van der Waals surface area contributed by atoms with Crippen LogP contribution >= 0.6 is 11.6 Å². The molecule has 0 atom stereocenters. The molecule has 0 amide bonds. The zero-order valence-corrected chi connectivity index (χ0v) is 37.2. The first kappa shape index (κ1) is 51.8. The van der Waals surface area contributed by atoms with E-state index in [-0.39, 0.29) is 35.6 Å². The fourth-order valence-corrected chi connectivity index (χ4v) is 5.39. The van der Waals surface area contributed by atoms with Gasteiger partial charge in [-0.05, 0) is 129 Å². The Morgan fingerprint density at radius 3 is 1.49 bits per heavy atom. The Labute approximate surface area is 367 Å². The lowest BCUT2D eigenvalue weighted by atomic mass is 9.95. The van der Waals surface area contributed by atoms with Crippen LogP contribution in [0, 0.1) is 22.5 Å². The summed E-state index contributed by atoms with van der Waals surface area (Å²) in [5.41, 5.74) is 6.20. The van der Waals surface area contributed by atoms with Crippen LogP contribution in [0.3, 0.4) is 0 Å². The molecule has 61 heavy (non-hydrogen) atoms. The van der Waals surface area contributed by atoms with Crippen molar-refractivity contribution in [3.05, 3.63) is 144 Å². The summed E-state index contributed by atoms with van der Waals surface area (Å²) in [7, 11) is 0. The van der Waals surface area contributed by atoms with Crippen molar-refractivity contribution in [1.82, 2.24) is 34.8 Å². The second-order valence-corrected chi connectivity index (χ2v) is 16.4. The molecule has 328 valence electrons. The van der Waals surface area contributed by atoms with E-state index < -0.39 is 5.41 Å². The molecule has 0 fully saturated rings. The molecule has 1 N–H and O–H groups in total. The largest absolute Gasteiger partial charge is 0.304 e. The highest BCUT2D eigenvalue weighted by atomic mass is 35.5. The lowest BCUT2D eigenvalue weighted by molar-refractivity contribution is -0.118. The van der Waals surface area contributed by atoms with Crippen molar-refractivity contribution < 1.29 is 18.4 Å². The summed E-state index contributed by atoms with van der Waals surface area (Å²) in [6.45, 7) is 21.1. The van der Waals surface area contributed by atoms with Crippen LogP contribution in [-0.2, 0) is 30.5 Å². The van der Waals surface area contributed by atoms with Gasteiger partial charge in [-0.1, -0.05) is 106 Å². The third kappa shape index (κ3) is 18.0. The quantitative estimate of drug-likeness (QED) is 0.129. The van der Waals surface area contributed by atoms with Gasteiger partial charge in [-0.15, -0.1) is 0 Å². The molecule has 12 heteroatoms. The van der Waals surface area contributed by atoms with E-state index in [0.29, 0.717) is 18.5 Å². The molecule has 0 saturated heterocycles. The summed E-state index contributed by atoms with van der Waals surface area (Å²) in [5.74, 6) is -0.513. The average Bonchev–Trinajstić information content (AvgIpc) is 3.89. The first-order valence-corrected chi connectivity index (χ1v) is 20.7. The second-order valence-electron chi connectivity index (χ2n) is 16.1. The number of nitrogens with zero attached hydrogens (tertiary/aromatic N) is 6. The summed E-state index contributed by atoms with van der Waals surface area (Å²) in [5, 5.41) is 11.5. The first-order chi connectivity index (χ1) is 28.4. The maximum Gasteiger partial charge on any atom is 0.252 e. The van der Waals surface area contributed by atoms with Gasteiger partial charge in [-0.25, -0.2) is 13.5 Å². The molecule has 0 aliphatic heterocycles. The van der Waals surface area contributed by atoms with Gasteiger partial charge >= 0.3 is 0 Å². The average molecular weight is 857 g/mol. The fourth-order valence-electron chi connectivity index (χ4n) is 5.39. The topological polar surface area (TPSA) is 110 Å². The minimum absolute atomic E-state index is 0. The molecule has 6 aromatic rings. The number of hydrogen-bond donors (Lipinski definition) is 1. The van der Waals surface area contributed by atoms with E-state index in [9.17, 15) is 18.4 Å². The Hall–Kier alpha value is -5.39. The Morgan fingerprint density at radius 1 is 0.639 bits per heavy atom. The minimum atomic E-state index is -0.544. The van der Waals surface area contributed by atoms with Gasteiger partial charge in [0.25, 0.3) is 5.91 Å². The van der Waals surface area contributed by atoms with Gasteiger partial charge in [-0.3, -0.25) is 24.7 Å². The molecule has 0 aliphatic rings. The molecule has 0 radical (unpaired) electrons. The molecule has 9 nitrogen and oxygen atoms in total. The number of carbonyl (C=O) groups excluding carboxylic acids is 2. The lowest BCUT2D eigenvalue weighted by Crippen LogP contribution is -2.29. The third-order valence-electron chi connectivity index (χ3n) is 9.21. The number of H-pyrrole nitrogens is 1. The van der Waals surface area contributed by atoms with Gasteiger partial charge in [0.05, 0.1) is 11.4 Å². The maximum absolute atomic E-state index is 13.1. The van der Waals surface area contributed by atoms with Gasteiger partial charge in [0.1, 0.15) is 23.0 Å². The molecular formula is C49H64ClF2N7O2. The van der Waals surface area contributed by atoms with Crippen LogP contribution in [0.25, 0.3) is 22.8 Å². The summed E-state index contributed by atoms with van der Waals surface area (Å²) in [6.07, 6.45) is 6.48. The van der Waals surface area contributed by atoms with Crippen LogP contribution in [-0.4, -0.2) is 65.6 Å². The normalized spacial score (nSPS) is 10.9. The number of carbonyl (C=O) groups is 2. The van der Waals surface area contributed by atoms with Gasteiger partial charge in [0.2, 0.25) is 5.24 Å². The summed E-state index contributed by atoms with van der Waals surface area (Å²) < 4.78 is 27.4. The predicted molar refractivity (Wildman–Crippen MR) is 245 cm³/mol. The molecule has 4 heterocycles. The molecule has 2 aromatic carbocycles. The number of nitrogens with one attached hydrogen (secondary N) is 1. The van der Waals surface area contributed by atoms with Crippen molar-refractivity contribution in [2.24, 2.45) is 10.8 Å². The van der Waals surface area contributed by atoms with E-state index in [0.717, 1.165) is 52.4 Å². The van der Waals surface area contributed by atoms with Gasteiger partial charge in [-0.2, -0.15) is 10.2 Å². The van der Waals surface area contributed by atoms with E-state index in [1.165, 1.54) is 48.6 Å². The van der Waals surface area contributed by atoms with E-state index in [1.807, 2.05) is 81.4 Å². The summed E-state index contributed by atoms with van der Waals surface area (Å²) in [4.78, 5) is 34.0. The second kappa shape index (κ2) is 25.4.